The van der Waals surface area contributed by atoms with Crippen molar-refractivity contribution in [2.45, 2.75) is 12.8 Å². The van der Waals surface area contributed by atoms with Crippen LogP contribution in [0.15, 0.2) is 0 Å². The third kappa shape index (κ3) is 6.91. The first-order valence-electron chi connectivity index (χ1n) is 8.40. The Balaban J connectivity index is 2.86. The van der Waals surface area contributed by atoms with Crippen LogP contribution in [0.3, 0.4) is 0 Å². The van der Waals surface area contributed by atoms with E-state index in [0.29, 0.717) is 39.0 Å². The van der Waals surface area contributed by atoms with Crippen LogP contribution in [0.4, 0.5) is 19.2 Å². The molecular formula is C14H28N8O4. The summed E-state index contributed by atoms with van der Waals surface area (Å²) in [7, 11) is 0. The van der Waals surface area contributed by atoms with Gasteiger partial charge in [-0.1, -0.05) is 0 Å². The normalized spacial score (nSPS) is 18.2. The molecule has 1 aliphatic heterocycles. The van der Waals surface area contributed by atoms with Gasteiger partial charge in [0.25, 0.3) is 0 Å². The summed E-state index contributed by atoms with van der Waals surface area (Å²) in [6.45, 7) is 2.05. The number of amides is 8. The molecule has 0 spiro atoms. The Kier molecular flexibility index (Phi) is 8.25. The molecular weight excluding hydrogens is 344 g/mol. The molecule has 0 unspecified atom stereocenters. The number of nitrogens with zero attached hydrogens (tertiary/aromatic N) is 4. The molecule has 0 radical (unpaired) electrons. The first kappa shape index (κ1) is 21.1. The standard InChI is InChI=1S/C14H28N8O4/c15-11(23)19-3-1-4-20(12(16)24)8-10-22(14(18)26)6-2-5-21(9-7-19)13(17)25/h1-10H2,(H2,15,23)(H2,16,24)(H2,17,25)(H2,18,26). The summed E-state index contributed by atoms with van der Waals surface area (Å²) in [6, 6.07) is -2.47. The van der Waals surface area contributed by atoms with E-state index in [-0.39, 0.29) is 26.2 Å². The second-order valence-electron chi connectivity index (χ2n) is 6.01. The predicted octanol–water partition coefficient (Wildman–Crippen LogP) is -1.70. The van der Waals surface area contributed by atoms with Crippen molar-refractivity contribution in [1.29, 1.82) is 0 Å². The summed E-state index contributed by atoms with van der Waals surface area (Å²) < 4.78 is 0. The van der Waals surface area contributed by atoms with E-state index >= 15 is 0 Å². The van der Waals surface area contributed by atoms with Crippen molar-refractivity contribution in [2.75, 3.05) is 52.4 Å². The molecule has 1 fully saturated rings. The molecule has 1 rings (SSSR count). The Morgan fingerprint density at radius 1 is 0.423 bits per heavy atom. The number of rotatable bonds is 0. The Morgan fingerprint density at radius 2 is 0.615 bits per heavy atom. The van der Waals surface area contributed by atoms with Gasteiger partial charge in [-0.05, 0) is 12.8 Å². The minimum Gasteiger partial charge on any atom is -0.351 e. The lowest BCUT2D eigenvalue weighted by molar-refractivity contribution is 0.165. The molecule has 26 heavy (non-hydrogen) atoms. The molecule has 0 aromatic carbocycles. The third-order valence-corrected chi connectivity index (χ3v) is 4.24. The number of hydrogen-bond donors (Lipinski definition) is 4. The van der Waals surface area contributed by atoms with E-state index in [1.807, 2.05) is 0 Å². The van der Waals surface area contributed by atoms with Gasteiger partial charge < -0.3 is 42.5 Å². The van der Waals surface area contributed by atoms with Crippen LogP contribution in [0.2, 0.25) is 0 Å². The fraction of sp³-hybridized carbons (Fsp3) is 0.714. The van der Waals surface area contributed by atoms with E-state index in [2.05, 4.69) is 0 Å². The van der Waals surface area contributed by atoms with E-state index in [9.17, 15) is 19.2 Å². The van der Waals surface area contributed by atoms with Gasteiger partial charge in [0.05, 0.1) is 0 Å². The van der Waals surface area contributed by atoms with Crippen LogP contribution in [0.25, 0.3) is 0 Å². The van der Waals surface area contributed by atoms with Gasteiger partial charge in [-0.25, -0.2) is 19.2 Å². The fourth-order valence-corrected chi connectivity index (χ4v) is 2.72. The number of urea groups is 4. The Labute approximate surface area is 152 Å². The summed E-state index contributed by atoms with van der Waals surface area (Å²) in [6.07, 6.45) is 0.887. The number of hydrogen-bond acceptors (Lipinski definition) is 4. The van der Waals surface area contributed by atoms with Crippen molar-refractivity contribution >= 4 is 24.1 Å². The number of nitrogens with two attached hydrogens (primary N) is 4. The van der Waals surface area contributed by atoms with Crippen molar-refractivity contribution in [3.8, 4) is 0 Å². The molecule has 8 amide bonds. The van der Waals surface area contributed by atoms with E-state index in [1.165, 1.54) is 19.6 Å². The van der Waals surface area contributed by atoms with Crippen LogP contribution in [-0.2, 0) is 0 Å². The average Bonchev–Trinajstić information content (AvgIpc) is 2.54. The van der Waals surface area contributed by atoms with Crippen LogP contribution < -0.4 is 22.9 Å². The molecule has 0 saturated carbocycles. The van der Waals surface area contributed by atoms with Crippen LogP contribution in [0.5, 0.6) is 0 Å². The molecule has 1 aliphatic rings. The summed E-state index contributed by atoms with van der Waals surface area (Å²) in [5, 5.41) is 0. The number of carbonyl (C=O) groups is 4. The molecule has 0 bridgehead atoms. The van der Waals surface area contributed by atoms with E-state index in [1.54, 1.807) is 0 Å². The van der Waals surface area contributed by atoms with Gasteiger partial charge in [0, 0.05) is 52.4 Å². The third-order valence-electron chi connectivity index (χ3n) is 4.24. The summed E-state index contributed by atoms with van der Waals surface area (Å²) in [5.41, 5.74) is 21.4. The second-order valence-corrected chi connectivity index (χ2v) is 6.01. The highest BCUT2D eigenvalue weighted by atomic mass is 16.2. The lowest BCUT2D eigenvalue weighted by Crippen LogP contribution is -2.49. The van der Waals surface area contributed by atoms with Crippen molar-refractivity contribution in [1.82, 2.24) is 19.6 Å². The molecule has 8 N–H and O–H groups in total. The van der Waals surface area contributed by atoms with Crippen molar-refractivity contribution in [2.24, 2.45) is 22.9 Å². The quantitative estimate of drug-likeness (QED) is 0.395. The molecule has 12 nitrogen and oxygen atoms in total. The number of primary amides is 4. The first-order valence-corrected chi connectivity index (χ1v) is 8.40. The second kappa shape index (κ2) is 10.2. The molecule has 148 valence electrons. The van der Waals surface area contributed by atoms with Crippen LogP contribution in [0, 0.1) is 0 Å². The van der Waals surface area contributed by atoms with Gasteiger partial charge in [0.15, 0.2) is 0 Å². The highest BCUT2D eigenvalue weighted by molar-refractivity contribution is 5.74. The van der Waals surface area contributed by atoms with Crippen molar-refractivity contribution in [3.63, 3.8) is 0 Å². The van der Waals surface area contributed by atoms with Gasteiger partial charge >= 0.3 is 24.1 Å². The summed E-state index contributed by atoms with van der Waals surface area (Å²) in [5.74, 6) is 0. The van der Waals surface area contributed by atoms with Crippen LogP contribution in [-0.4, -0.2) is 96.1 Å². The van der Waals surface area contributed by atoms with Gasteiger partial charge in [0.1, 0.15) is 0 Å². The average molecular weight is 372 g/mol. The van der Waals surface area contributed by atoms with E-state index < -0.39 is 24.1 Å². The molecule has 0 aliphatic carbocycles. The minimum absolute atomic E-state index is 0.217. The molecule has 0 atom stereocenters. The first-order chi connectivity index (χ1) is 12.2. The maximum absolute atomic E-state index is 11.6. The topological polar surface area (TPSA) is 185 Å². The number of carbonyl (C=O) groups excluding carboxylic acids is 4. The van der Waals surface area contributed by atoms with E-state index in [4.69, 9.17) is 22.9 Å². The van der Waals surface area contributed by atoms with E-state index in [0.717, 1.165) is 0 Å². The lowest BCUT2D eigenvalue weighted by Gasteiger charge is -2.30. The monoisotopic (exact) mass is 372 g/mol. The Hall–Kier alpha value is -2.92. The summed E-state index contributed by atoms with van der Waals surface area (Å²) in [4.78, 5) is 51.8. The smallest absolute Gasteiger partial charge is 0.314 e. The van der Waals surface area contributed by atoms with Gasteiger partial charge in [0.2, 0.25) is 0 Å². The molecule has 1 saturated heterocycles. The van der Waals surface area contributed by atoms with Crippen molar-refractivity contribution in [3.05, 3.63) is 0 Å². The molecule has 0 aromatic heterocycles. The summed E-state index contributed by atoms with van der Waals surface area (Å²) >= 11 is 0. The predicted molar refractivity (Wildman–Crippen MR) is 93.9 cm³/mol. The molecule has 1 heterocycles. The zero-order chi connectivity index (χ0) is 19.7. The maximum Gasteiger partial charge on any atom is 0.314 e. The van der Waals surface area contributed by atoms with Gasteiger partial charge in [-0.2, -0.15) is 0 Å². The molecule has 0 aromatic rings. The van der Waals surface area contributed by atoms with Crippen molar-refractivity contribution < 1.29 is 19.2 Å². The lowest BCUT2D eigenvalue weighted by atomic mass is 10.3. The van der Waals surface area contributed by atoms with Gasteiger partial charge in [-0.15, -0.1) is 0 Å². The van der Waals surface area contributed by atoms with Crippen LogP contribution in [0.1, 0.15) is 12.8 Å². The SMILES string of the molecule is NC(=O)N1CCCN(C(N)=O)CCN(C(N)=O)CCCN(C(N)=O)CC1. The Bertz CT molecular complexity index is 439. The molecule has 12 heteroatoms. The largest absolute Gasteiger partial charge is 0.351 e. The fourth-order valence-electron chi connectivity index (χ4n) is 2.72. The Morgan fingerprint density at radius 3 is 0.769 bits per heavy atom. The highest BCUT2D eigenvalue weighted by Crippen LogP contribution is 2.02. The van der Waals surface area contributed by atoms with Gasteiger partial charge in [-0.3, -0.25) is 0 Å². The zero-order valence-corrected chi connectivity index (χ0v) is 14.8. The van der Waals surface area contributed by atoms with Crippen LogP contribution >= 0.6 is 0 Å². The highest BCUT2D eigenvalue weighted by Gasteiger charge is 2.19. The minimum atomic E-state index is -0.618. The zero-order valence-electron chi connectivity index (χ0n) is 14.8. The maximum atomic E-state index is 11.6.